The molecule has 0 bridgehead atoms. The first kappa shape index (κ1) is 12.8. The third kappa shape index (κ3) is 3.67. The molecule has 0 radical (unpaired) electrons. The van der Waals surface area contributed by atoms with E-state index in [9.17, 15) is 0 Å². The van der Waals surface area contributed by atoms with Crippen LogP contribution in [0.1, 0.15) is 12.0 Å². The lowest BCUT2D eigenvalue weighted by atomic mass is 10.1. The van der Waals surface area contributed by atoms with E-state index in [4.69, 9.17) is 0 Å². The second-order valence-corrected chi connectivity index (χ2v) is 5.66. The minimum atomic E-state index is 1.01. The SMILES string of the molecule is C[N+](C)(C)CC/C=C/c1ccc2ncccc2c1. The van der Waals surface area contributed by atoms with Gasteiger partial charge in [0.15, 0.2) is 0 Å². The van der Waals surface area contributed by atoms with Gasteiger partial charge in [0.25, 0.3) is 0 Å². The molecule has 2 heteroatoms. The van der Waals surface area contributed by atoms with Crippen molar-refractivity contribution in [3.63, 3.8) is 0 Å². The Labute approximate surface area is 109 Å². The molecule has 0 aliphatic rings. The van der Waals surface area contributed by atoms with Crippen LogP contribution in [-0.4, -0.2) is 37.2 Å². The third-order valence-electron chi connectivity index (χ3n) is 2.90. The number of hydrogen-bond donors (Lipinski definition) is 0. The van der Waals surface area contributed by atoms with Crippen LogP contribution in [0, 0.1) is 0 Å². The fourth-order valence-corrected chi connectivity index (χ4v) is 1.88. The summed E-state index contributed by atoms with van der Waals surface area (Å²) in [6.45, 7) is 1.16. The molecule has 0 unspecified atom stereocenters. The monoisotopic (exact) mass is 241 g/mol. The topological polar surface area (TPSA) is 12.9 Å². The summed E-state index contributed by atoms with van der Waals surface area (Å²) in [5, 5.41) is 1.20. The van der Waals surface area contributed by atoms with Gasteiger partial charge in [-0.1, -0.05) is 24.3 Å². The molecule has 0 spiro atoms. The lowest BCUT2D eigenvalue weighted by molar-refractivity contribution is -0.869. The number of benzene rings is 1. The van der Waals surface area contributed by atoms with Crippen molar-refractivity contribution in [2.45, 2.75) is 6.42 Å². The van der Waals surface area contributed by atoms with Crippen molar-refractivity contribution in [3.05, 3.63) is 48.2 Å². The highest BCUT2D eigenvalue weighted by Gasteiger charge is 2.03. The van der Waals surface area contributed by atoms with E-state index in [1.165, 1.54) is 10.9 Å². The van der Waals surface area contributed by atoms with Gasteiger partial charge in [-0.3, -0.25) is 4.98 Å². The lowest BCUT2D eigenvalue weighted by Crippen LogP contribution is -2.34. The van der Waals surface area contributed by atoms with Gasteiger partial charge in [0.05, 0.1) is 33.2 Å². The van der Waals surface area contributed by atoms with E-state index in [1.807, 2.05) is 12.3 Å². The Morgan fingerprint density at radius 2 is 2.00 bits per heavy atom. The Hall–Kier alpha value is -1.67. The molecule has 0 amide bonds. The standard InChI is InChI=1S/C16H21N2/c1-18(2,3)12-5-4-7-14-9-10-16-15(13-14)8-6-11-17-16/h4,6-11,13H,5,12H2,1-3H3/q+1/b7-4+. The third-order valence-corrected chi connectivity index (χ3v) is 2.90. The first-order valence-corrected chi connectivity index (χ1v) is 6.36. The predicted octanol–water partition coefficient (Wildman–Crippen LogP) is 3.34. The Bertz CT molecular complexity index is 550. The summed E-state index contributed by atoms with van der Waals surface area (Å²) >= 11 is 0. The molecule has 1 aromatic carbocycles. The maximum absolute atomic E-state index is 4.32. The fraction of sp³-hybridized carbons (Fsp3) is 0.312. The van der Waals surface area contributed by atoms with Crippen molar-refractivity contribution >= 4 is 17.0 Å². The molecule has 0 fully saturated rings. The minimum absolute atomic E-state index is 1.01. The smallest absolute Gasteiger partial charge is 0.0815 e. The second-order valence-electron chi connectivity index (χ2n) is 5.66. The molecule has 18 heavy (non-hydrogen) atoms. The molecular formula is C16H21N2+. The van der Waals surface area contributed by atoms with Gasteiger partial charge in [0, 0.05) is 18.0 Å². The van der Waals surface area contributed by atoms with Crippen molar-refractivity contribution in [2.75, 3.05) is 27.7 Å². The van der Waals surface area contributed by atoms with E-state index in [-0.39, 0.29) is 0 Å². The quantitative estimate of drug-likeness (QED) is 0.748. The number of fused-ring (bicyclic) bond motifs is 1. The number of aromatic nitrogens is 1. The second kappa shape index (κ2) is 5.32. The minimum Gasteiger partial charge on any atom is -0.331 e. The predicted molar refractivity (Wildman–Crippen MR) is 78.3 cm³/mol. The van der Waals surface area contributed by atoms with Gasteiger partial charge in [-0.15, -0.1) is 0 Å². The largest absolute Gasteiger partial charge is 0.331 e. The summed E-state index contributed by atoms with van der Waals surface area (Å²) in [6, 6.07) is 10.5. The van der Waals surface area contributed by atoms with Crippen LogP contribution >= 0.6 is 0 Å². The van der Waals surface area contributed by atoms with Gasteiger partial charge in [-0.25, -0.2) is 0 Å². The summed E-state index contributed by atoms with van der Waals surface area (Å²) in [7, 11) is 6.65. The van der Waals surface area contributed by atoms with Crippen LogP contribution in [0.3, 0.4) is 0 Å². The maximum atomic E-state index is 4.32. The number of pyridine rings is 1. The Morgan fingerprint density at radius 1 is 1.17 bits per heavy atom. The van der Waals surface area contributed by atoms with Crippen LogP contribution in [0.25, 0.3) is 17.0 Å². The molecule has 0 atom stereocenters. The molecule has 2 nitrogen and oxygen atoms in total. The van der Waals surface area contributed by atoms with E-state index >= 15 is 0 Å². The van der Waals surface area contributed by atoms with Crippen LogP contribution in [0.15, 0.2) is 42.6 Å². The molecule has 2 aromatic rings. The lowest BCUT2D eigenvalue weighted by Gasteiger charge is -2.22. The van der Waals surface area contributed by atoms with Crippen molar-refractivity contribution < 1.29 is 4.48 Å². The molecule has 0 aliphatic carbocycles. The molecule has 2 rings (SSSR count). The summed E-state index contributed by atoms with van der Waals surface area (Å²) < 4.78 is 1.01. The van der Waals surface area contributed by atoms with Gasteiger partial charge in [0.2, 0.25) is 0 Å². The van der Waals surface area contributed by atoms with Crippen LogP contribution in [0.5, 0.6) is 0 Å². The average Bonchev–Trinajstić information content (AvgIpc) is 2.33. The van der Waals surface area contributed by atoms with E-state index in [1.54, 1.807) is 0 Å². The Balaban J connectivity index is 2.05. The Kier molecular flexibility index (Phi) is 3.78. The van der Waals surface area contributed by atoms with E-state index in [0.717, 1.165) is 23.0 Å². The van der Waals surface area contributed by atoms with Crippen LogP contribution in [-0.2, 0) is 0 Å². The molecule has 0 N–H and O–H groups in total. The molecule has 94 valence electrons. The highest BCUT2D eigenvalue weighted by atomic mass is 15.3. The van der Waals surface area contributed by atoms with Gasteiger partial charge >= 0.3 is 0 Å². The van der Waals surface area contributed by atoms with Crippen LogP contribution < -0.4 is 0 Å². The van der Waals surface area contributed by atoms with Gasteiger partial charge in [-0.05, 0) is 23.8 Å². The summed E-state index contributed by atoms with van der Waals surface area (Å²) in [5.74, 6) is 0. The summed E-state index contributed by atoms with van der Waals surface area (Å²) in [5.41, 5.74) is 2.30. The van der Waals surface area contributed by atoms with Crippen molar-refractivity contribution in [2.24, 2.45) is 0 Å². The van der Waals surface area contributed by atoms with E-state index in [0.29, 0.717) is 0 Å². The molecule has 1 aromatic heterocycles. The zero-order chi connectivity index (χ0) is 13.0. The average molecular weight is 241 g/mol. The molecule has 0 saturated carbocycles. The van der Waals surface area contributed by atoms with E-state index < -0.39 is 0 Å². The van der Waals surface area contributed by atoms with Gasteiger partial charge < -0.3 is 4.48 Å². The molecule has 1 heterocycles. The van der Waals surface area contributed by atoms with Crippen molar-refractivity contribution in [1.82, 2.24) is 4.98 Å². The number of quaternary nitrogens is 1. The normalized spacial score (nSPS) is 12.4. The highest BCUT2D eigenvalue weighted by Crippen LogP contribution is 2.14. The van der Waals surface area contributed by atoms with Gasteiger partial charge in [0.1, 0.15) is 0 Å². The van der Waals surface area contributed by atoms with Crippen LogP contribution in [0.2, 0.25) is 0 Å². The molecule has 0 aliphatic heterocycles. The zero-order valence-electron chi connectivity index (χ0n) is 11.4. The van der Waals surface area contributed by atoms with E-state index in [2.05, 4.69) is 62.5 Å². The summed E-state index contributed by atoms with van der Waals surface area (Å²) in [6.07, 6.45) is 7.39. The number of rotatable bonds is 4. The molecule has 0 saturated heterocycles. The maximum Gasteiger partial charge on any atom is 0.0815 e. The highest BCUT2D eigenvalue weighted by molar-refractivity contribution is 5.80. The zero-order valence-corrected chi connectivity index (χ0v) is 11.4. The first-order chi connectivity index (χ1) is 8.54. The van der Waals surface area contributed by atoms with Crippen molar-refractivity contribution in [3.8, 4) is 0 Å². The van der Waals surface area contributed by atoms with Crippen molar-refractivity contribution in [1.29, 1.82) is 0 Å². The van der Waals surface area contributed by atoms with Crippen LogP contribution in [0.4, 0.5) is 0 Å². The summed E-state index contributed by atoms with van der Waals surface area (Å²) in [4.78, 5) is 4.32. The van der Waals surface area contributed by atoms with Gasteiger partial charge in [-0.2, -0.15) is 0 Å². The fourth-order valence-electron chi connectivity index (χ4n) is 1.88. The Morgan fingerprint density at radius 3 is 2.78 bits per heavy atom. The number of hydrogen-bond acceptors (Lipinski definition) is 1. The molecular weight excluding hydrogens is 220 g/mol. The number of nitrogens with zero attached hydrogens (tertiary/aromatic N) is 2. The first-order valence-electron chi connectivity index (χ1n) is 6.36.